The van der Waals surface area contributed by atoms with E-state index in [0.29, 0.717) is 22.8 Å². The molecule has 2 aromatic rings. The molecule has 2 N–H and O–H groups in total. The Labute approximate surface area is 124 Å². The fourth-order valence-corrected chi connectivity index (χ4v) is 2.53. The molecule has 2 heterocycles. The van der Waals surface area contributed by atoms with Gasteiger partial charge in [-0.05, 0) is 31.4 Å². The van der Waals surface area contributed by atoms with Gasteiger partial charge >= 0.3 is 0 Å². The van der Waals surface area contributed by atoms with Crippen LogP contribution in [0.1, 0.15) is 28.8 Å². The Bertz CT molecular complexity index is 758. The summed E-state index contributed by atoms with van der Waals surface area (Å²) in [5, 5.41) is 19.5. The number of amides is 1. The van der Waals surface area contributed by atoms with Crippen molar-refractivity contribution < 1.29 is 4.79 Å². The van der Waals surface area contributed by atoms with Crippen molar-refractivity contribution in [1.82, 2.24) is 15.2 Å². The van der Waals surface area contributed by atoms with E-state index in [-0.39, 0.29) is 17.9 Å². The smallest absolute Gasteiger partial charge is 0.266 e. The second kappa shape index (κ2) is 6.28. The lowest BCUT2D eigenvalue weighted by Gasteiger charge is -2.10. The Morgan fingerprint density at radius 2 is 2.29 bits per heavy atom. The number of carbonyl (C=O) groups is 1. The second-order valence-corrected chi connectivity index (χ2v) is 5.29. The van der Waals surface area contributed by atoms with E-state index in [0.717, 1.165) is 5.56 Å². The fraction of sp³-hybridized carbons (Fsp3) is 0.308. The number of aromatic amines is 1. The molecule has 1 amide bonds. The highest BCUT2D eigenvalue weighted by atomic mass is 32.1. The van der Waals surface area contributed by atoms with Crippen LogP contribution in [0.2, 0.25) is 0 Å². The maximum Gasteiger partial charge on any atom is 0.266 e. The van der Waals surface area contributed by atoms with Crippen molar-refractivity contribution in [1.29, 1.82) is 5.26 Å². The highest BCUT2D eigenvalue weighted by Gasteiger charge is 2.13. The number of nitrogens with zero attached hydrogens (tertiary/aromatic N) is 3. The summed E-state index contributed by atoms with van der Waals surface area (Å²) < 4.78 is 0. The van der Waals surface area contributed by atoms with E-state index < -0.39 is 5.56 Å². The first kappa shape index (κ1) is 14.9. The van der Waals surface area contributed by atoms with Crippen molar-refractivity contribution >= 4 is 22.4 Å². The molecule has 0 bridgehead atoms. The average molecular weight is 303 g/mol. The minimum atomic E-state index is -0.394. The molecule has 21 heavy (non-hydrogen) atoms. The van der Waals surface area contributed by atoms with Crippen LogP contribution in [0.4, 0.5) is 5.13 Å². The van der Waals surface area contributed by atoms with Crippen molar-refractivity contribution in [3.63, 3.8) is 0 Å². The van der Waals surface area contributed by atoms with Crippen LogP contribution in [0, 0.1) is 25.2 Å². The average Bonchev–Trinajstić information content (AvgIpc) is 2.91. The summed E-state index contributed by atoms with van der Waals surface area (Å²) in [6, 6.07) is 1.89. The summed E-state index contributed by atoms with van der Waals surface area (Å²) in [5.74, 6) is -0.185. The second-order valence-electron chi connectivity index (χ2n) is 4.46. The van der Waals surface area contributed by atoms with Gasteiger partial charge in [0.1, 0.15) is 17.1 Å². The summed E-state index contributed by atoms with van der Waals surface area (Å²) in [7, 11) is 0. The quantitative estimate of drug-likeness (QED) is 0.883. The van der Waals surface area contributed by atoms with E-state index in [1.165, 1.54) is 16.8 Å². The molecular weight excluding hydrogens is 290 g/mol. The van der Waals surface area contributed by atoms with E-state index in [2.05, 4.69) is 20.5 Å². The summed E-state index contributed by atoms with van der Waals surface area (Å²) in [5.41, 5.74) is 3.36. The predicted octanol–water partition coefficient (Wildman–Crippen LogP) is 1.29. The van der Waals surface area contributed by atoms with Crippen molar-refractivity contribution in [3.05, 3.63) is 38.2 Å². The third kappa shape index (κ3) is 3.32. The Kier molecular flexibility index (Phi) is 4.45. The number of hydrogen-bond acceptors (Lipinski definition) is 6. The number of H-pyrrole nitrogens is 1. The van der Waals surface area contributed by atoms with Crippen molar-refractivity contribution in [2.75, 3.05) is 5.32 Å². The molecule has 0 fully saturated rings. The van der Waals surface area contributed by atoms with Crippen LogP contribution >= 0.6 is 11.3 Å². The van der Waals surface area contributed by atoms with Crippen molar-refractivity contribution in [2.45, 2.75) is 26.7 Å². The standard InChI is InChI=1S/C13H13N5O2S/c1-7-9(8(2)16-12(20)10(7)5-14)3-4-11(19)17-13-18-15-6-21-13/h6H,3-4H2,1-2H3,(H,16,20)(H,17,18,19). The molecule has 0 aliphatic rings. The SMILES string of the molecule is Cc1[nH]c(=O)c(C#N)c(C)c1CCC(=O)Nc1nncs1. The van der Waals surface area contributed by atoms with Gasteiger partial charge in [0.25, 0.3) is 5.56 Å². The molecule has 0 aliphatic heterocycles. The van der Waals surface area contributed by atoms with Crippen molar-refractivity contribution in [2.24, 2.45) is 0 Å². The van der Waals surface area contributed by atoms with Gasteiger partial charge in [-0.15, -0.1) is 10.2 Å². The maximum absolute atomic E-state index is 11.8. The fourth-order valence-electron chi connectivity index (χ4n) is 2.07. The Balaban J connectivity index is 2.12. The molecule has 0 radical (unpaired) electrons. The molecule has 0 unspecified atom stereocenters. The van der Waals surface area contributed by atoms with Crippen molar-refractivity contribution in [3.8, 4) is 6.07 Å². The first-order valence-corrected chi connectivity index (χ1v) is 7.09. The Morgan fingerprint density at radius 3 is 2.90 bits per heavy atom. The molecule has 2 aromatic heterocycles. The third-order valence-corrected chi connectivity index (χ3v) is 3.74. The van der Waals surface area contributed by atoms with E-state index in [1.807, 2.05) is 6.07 Å². The van der Waals surface area contributed by atoms with Gasteiger partial charge in [0.05, 0.1) is 0 Å². The number of nitriles is 1. The van der Waals surface area contributed by atoms with Crippen LogP contribution in [0.25, 0.3) is 0 Å². The van der Waals surface area contributed by atoms with Crippen LogP contribution in [-0.2, 0) is 11.2 Å². The van der Waals surface area contributed by atoms with E-state index in [4.69, 9.17) is 5.26 Å². The van der Waals surface area contributed by atoms with Crippen LogP contribution in [0.15, 0.2) is 10.3 Å². The lowest BCUT2D eigenvalue weighted by atomic mass is 9.99. The van der Waals surface area contributed by atoms with Crippen LogP contribution in [0.3, 0.4) is 0 Å². The number of hydrogen-bond donors (Lipinski definition) is 2. The largest absolute Gasteiger partial charge is 0.325 e. The molecule has 0 spiro atoms. The zero-order chi connectivity index (χ0) is 15.4. The minimum Gasteiger partial charge on any atom is -0.325 e. The van der Waals surface area contributed by atoms with Crippen LogP contribution in [0.5, 0.6) is 0 Å². The molecule has 108 valence electrons. The minimum absolute atomic E-state index is 0.0973. The zero-order valence-electron chi connectivity index (χ0n) is 11.6. The van der Waals surface area contributed by atoms with Gasteiger partial charge in [-0.2, -0.15) is 5.26 Å². The van der Waals surface area contributed by atoms with Gasteiger partial charge in [-0.3, -0.25) is 9.59 Å². The summed E-state index contributed by atoms with van der Waals surface area (Å²) in [6.07, 6.45) is 0.673. The van der Waals surface area contributed by atoms with Crippen LogP contribution in [-0.4, -0.2) is 21.1 Å². The molecule has 0 saturated carbocycles. The molecule has 0 aromatic carbocycles. The Morgan fingerprint density at radius 1 is 1.52 bits per heavy atom. The van der Waals surface area contributed by atoms with Gasteiger partial charge in [0, 0.05) is 12.1 Å². The molecule has 8 heteroatoms. The number of nitrogens with one attached hydrogen (secondary N) is 2. The molecule has 2 rings (SSSR count). The van der Waals surface area contributed by atoms with Gasteiger partial charge in [0.15, 0.2) is 0 Å². The van der Waals surface area contributed by atoms with E-state index >= 15 is 0 Å². The zero-order valence-corrected chi connectivity index (χ0v) is 12.4. The van der Waals surface area contributed by atoms with Gasteiger partial charge in [0.2, 0.25) is 11.0 Å². The lowest BCUT2D eigenvalue weighted by molar-refractivity contribution is -0.116. The Hall–Kier alpha value is -2.53. The lowest BCUT2D eigenvalue weighted by Crippen LogP contribution is -2.18. The first-order chi connectivity index (χ1) is 10.0. The monoisotopic (exact) mass is 303 g/mol. The van der Waals surface area contributed by atoms with Crippen LogP contribution < -0.4 is 10.9 Å². The first-order valence-electron chi connectivity index (χ1n) is 6.21. The number of anilines is 1. The maximum atomic E-state index is 11.8. The number of pyridine rings is 1. The molecule has 0 atom stereocenters. The van der Waals surface area contributed by atoms with Gasteiger partial charge < -0.3 is 10.3 Å². The number of rotatable bonds is 4. The predicted molar refractivity (Wildman–Crippen MR) is 78.1 cm³/mol. The third-order valence-electron chi connectivity index (χ3n) is 3.13. The van der Waals surface area contributed by atoms with E-state index in [9.17, 15) is 9.59 Å². The summed E-state index contributed by atoms with van der Waals surface area (Å²) in [4.78, 5) is 26.1. The normalized spacial score (nSPS) is 10.1. The number of carbonyl (C=O) groups excluding carboxylic acids is 1. The number of aromatic nitrogens is 3. The van der Waals surface area contributed by atoms with Gasteiger partial charge in [-0.25, -0.2) is 0 Å². The highest BCUT2D eigenvalue weighted by molar-refractivity contribution is 7.13. The van der Waals surface area contributed by atoms with E-state index in [1.54, 1.807) is 13.8 Å². The topological polar surface area (TPSA) is 112 Å². The number of aryl methyl sites for hydroxylation is 1. The highest BCUT2D eigenvalue weighted by Crippen LogP contribution is 2.16. The summed E-state index contributed by atoms with van der Waals surface area (Å²) >= 11 is 1.24. The van der Waals surface area contributed by atoms with Gasteiger partial charge in [-0.1, -0.05) is 11.3 Å². The molecule has 0 aliphatic carbocycles. The summed E-state index contributed by atoms with van der Waals surface area (Å²) in [6.45, 7) is 3.48. The molecule has 7 nitrogen and oxygen atoms in total. The molecular formula is C13H13N5O2S. The molecule has 0 saturated heterocycles.